The maximum absolute atomic E-state index is 11.9. The fourth-order valence-electron chi connectivity index (χ4n) is 1.80. The Labute approximate surface area is 113 Å². The van der Waals surface area contributed by atoms with Crippen molar-refractivity contribution in [3.05, 3.63) is 64.7 Å². The lowest BCUT2D eigenvalue weighted by atomic mass is 10.1. The zero-order valence-electron chi connectivity index (χ0n) is 11.1. The number of carbonyl (C=O) groups is 1. The molecule has 98 valence electrons. The highest BCUT2D eigenvalue weighted by molar-refractivity contribution is 5.89. The molecule has 0 saturated carbocycles. The highest BCUT2D eigenvalue weighted by atomic mass is 16.5. The molecule has 0 heterocycles. The van der Waals surface area contributed by atoms with E-state index in [1.807, 2.05) is 32.0 Å². The Hall–Kier alpha value is -2.29. The van der Waals surface area contributed by atoms with Crippen LogP contribution >= 0.6 is 0 Å². The maximum Gasteiger partial charge on any atom is 0.338 e. The van der Waals surface area contributed by atoms with E-state index >= 15 is 0 Å². The second-order valence-electron chi connectivity index (χ2n) is 4.63. The van der Waals surface area contributed by atoms with Gasteiger partial charge in [-0.3, -0.25) is 0 Å². The van der Waals surface area contributed by atoms with Crippen molar-refractivity contribution >= 4 is 11.7 Å². The Balaban J connectivity index is 2.04. The number of carbonyl (C=O) groups excluding carboxylic acids is 1. The first-order valence-electron chi connectivity index (χ1n) is 6.15. The summed E-state index contributed by atoms with van der Waals surface area (Å²) in [6, 6.07) is 12.8. The number of aryl methyl sites for hydroxylation is 2. The summed E-state index contributed by atoms with van der Waals surface area (Å²) in [7, 11) is 0. The van der Waals surface area contributed by atoms with Gasteiger partial charge in [-0.25, -0.2) is 4.79 Å². The Morgan fingerprint density at radius 2 is 1.79 bits per heavy atom. The summed E-state index contributed by atoms with van der Waals surface area (Å²) in [4.78, 5) is 11.9. The number of nitrogens with two attached hydrogens (primary N) is 1. The first-order valence-corrected chi connectivity index (χ1v) is 6.15. The zero-order valence-corrected chi connectivity index (χ0v) is 11.1. The number of nitrogen functional groups attached to an aromatic ring is 1. The van der Waals surface area contributed by atoms with Crippen molar-refractivity contribution in [2.24, 2.45) is 0 Å². The highest BCUT2D eigenvalue weighted by Crippen LogP contribution is 2.13. The first-order chi connectivity index (χ1) is 9.06. The molecule has 0 aliphatic heterocycles. The molecular weight excluding hydrogens is 238 g/mol. The summed E-state index contributed by atoms with van der Waals surface area (Å²) in [6.45, 7) is 4.31. The molecule has 0 radical (unpaired) electrons. The monoisotopic (exact) mass is 255 g/mol. The van der Waals surface area contributed by atoms with Crippen LogP contribution in [-0.2, 0) is 11.3 Å². The lowest BCUT2D eigenvalue weighted by Gasteiger charge is -2.08. The van der Waals surface area contributed by atoms with Crippen LogP contribution in [0.2, 0.25) is 0 Å². The topological polar surface area (TPSA) is 52.3 Å². The fourth-order valence-corrected chi connectivity index (χ4v) is 1.80. The van der Waals surface area contributed by atoms with Gasteiger partial charge in [0.25, 0.3) is 0 Å². The van der Waals surface area contributed by atoms with Crippen molar-refractivity contribution < 1.29 is 9.53 Å². The molecule has 0 aromatic heterocycles. The van der Waals surface area contributed by atoms with Gasteiger partial charge in [-0.2, -0.15) is 0 Å². The zero-order chi connectivity index (χ0) is 13.8. The molecule has 0 unspecified atom stereocenters. The quantitative estimate of drug-likeness (QED) is 0.676. The normalized spacial score (nSPS) is 10.2. The van der Waals surface area contributed by atoms with E-state index in [0.29, 0.717) is 11.3 Å². The van der Waals surface area contributed by atoms with Gasteiger partial charge < -0.3 is 10.5 Å². The van der Waals surface area contributed by atoms with E-state index in [4.69, 9.17) is 10.5 Å². The van der Waals surface area contributed by atoms with Gasteiger partial charge in [0.05, 0.1) is 5.56 Å². The van der Waals surface area contributed by atoms with Crippen molar-refractivity contribution in [3.63, 3.8) is 0 Å². The average molecular weight is 255 g/mol. The number of esters is 1. The van der Waals surface area contributed by atoms with Gasteiger partial charge in [0.2, 0.25) is 0 Å². The van der Waals surface area contributed by atoms with Gasteiger partial charge in [0.15, 0.2) is 0 Å². The number of ether oxygens (including phenoxy) is 1. The molecule has 0 bridgehead atoms. The minimum atomic E-state index is -0.332. The van der Waals surface area contributed by atoms with Crippen molar-refractivity contribution in [1.29, 1.82) is 0 Å². The smallest absolute Gasteiger partial charge is 0.338 e. The Kier molecular flexibility index (Phi) is 3.85. The lowest BCUT2D eigenvalue weighted by Crippen LogP contribution is -2.06. The van der Waals surface area contributed by atoms with E-state index in [0.717, 1.165) is 16.7 Å². The number of benzene rings is 2. The van der Waals surface area contributed by atoms with Gasteiger partial charge in [0, 0.05) is 5.69 Å². The lowest BCUT2D eigenvalue weighted by molar-refractivity contribution is 0.0472. The average Bonchev–Trinajstić information content (AvgIpc) is 2.40. The SMILES string of the molecule is Cc1ccc(C)c(COC(=O)c2ccc(N)cc2)c1. The van der Waals surface area contributed by atoms with E-state index in [9.17, 15) is 4.79 Å². The minimum Gasteiger partial charge on any atom is -0.457 e. The molecule has 0 atom stereocenters. The van der Waals surface area contributed by atoms with Crippen molar-refractivity contribution in [2.75, 3.05) is 5.73 Å². The third-order valence-electron chi connectivity index (χ3n) is 3.01. The number of hydrogen-bond donors (Lipinski definition) is 1. The summed E-state index contributed by atoms with van der Waals surface area (Å²) in [5.74, 6) is -0.332. The number of anilines is 1. The first kappa shape index (κ1) is 13.1. The molecule has 0 aliphatic rings. The molecule has 0 amide bonds. The van der Waals surface area contributed by atoms with E-state index in [-0.39, 0.29) is 12.6 Å². The second-order valence-corrected chi connectivity index (χ2v) is 4.63. The largest absolute Gasteiger partial charge is 0.457 e. The van der Waals surface area contributed by atoms with Gasteiger partial charge >= 0.3 is 5.97 Å². The summed E-state index contributed by atoms with van der Waals surface area (Å²) >= 11 is 0. The Morgan fingerprint density at radius 1 is 1.11 bits per heavy atom. The molecular formula is C16H17NO2. The molecule has 3 nitrogen and oxygen atoms in total. The van der Waals surface area contributed by atoms with Crippen LogP contribution in [0.4, 0.5) is 5.69 Å². The summed E-state index contributed by atoms with van der Waals surface area (Å²) in [5.41, 5.74) is 10.0. The summed E-state index contributed by atoms with van der Waals surface area (Å²) in [5, 5.41) is 0. The van der Waals surface area contributed by atoms with Crippen LogP contribution in [0.15, 0.2) is 42.5 Å². The number of hydrogen-bond acceptors (Lipinski definition) is 3. The Morgan fingerprint density at radius 3 is 2.47 bits per heavy atom. The van der Waals surface area contributed by atoms with Crippen LogP contribution < -0.4 is 5.73 Å². The van der Waals surface area contributed by atoms with Crippen LogP contribution in [0.1, 0.15) is 27.0 Å². The molecule has 2 aromatic carbocycles. The van der Waals surface area contributed by atoms with Crippen LogP contribution in [0.25, 0.3) is 0 Å². The molecule has 0 saturated heterocycles. The third-order valence-corrected chi connectivity index (χ3v) is 3.01. The molecule has 0 aliphatic carbocycles. The highest BCUT2D eigenvalue weighted by Gasteiger charge is 2.08. The van der Waals surface area contributed by atoms with E-state index in [1.54, 1.807) is 24.3 Å². The second kappa shape index (κ2) is 5.57. The predicted octanol–water partition coefficient (Wildman–Crippen LogP) is 3.24. The summed E-state index contributed by atoms with van der Waals surface area (Å²) in [6.07, 6.45) is 0. The Bertz CT molecular complexity index is 588. The van der Waals surface area contributed by atoms with Crippen LogP contribution in [0.3, 0.4) is 0 Å². The van der Waals surface area contributed by atoms with E-state index in [2.05, 4.69) is 0 Å². The molecule has 19 heavy (non-hydrogen) atoms. The molecule has 2 N–H and O–H groups in total. The molecule has 3 heteroatoms. The molecule has 2 aromatic rings. The van der Waals surface area contributed by atoms with Gasteiger partial charge in [-0.1, -0.05) is 23.8 Å². The molecule has 0 spiro atoms. The van der Waals surface area contributed by atoms with Crippen LogP contribution in [0.5, 0.6) is 0 Å². The summed E-state index contributed by atoms with van der Waals surface area (Å²) < 4.78 is 5.31. The van der Waals surface area contributed by atoms with Crippen molar-refractivity contribution in [3.8, 4) is 0 Å². The molecule has 0 fully saturated rings. The van der Waals surface area contributed by atoms with Gasteiger partial charge in [-0.05, 0) is 49.2 Å². The van der Waals surface area contributed by atoms with Gasteiger partial charge in [-0.15, -0.1) is 0 Å². The number of rotatable bonds is 3. The van der Waals surface area contributed by atoms with Crippen LogP contribution in [0, 0.1) is 13.8 Å². The fraction of sp³-hybridized carbons (Fsp3) is 0.188. The van der Waals surface area contributed by atoms with Crippen molar-refractivity contribution in [1.82, 2.24) is 0 Å². The van der Waals surface area contributed by atoms with Crippen LogP contribution in [-0.4, -0.2) is 5.97 Å². The third kappa shape index (κ3) is 3.35. The van der Waals surface area contributed by atoms with Gasteiger partial charge in [0.1, 0.15) is 6.61 Å². The molecule has 2 rings (SSSR count). The van der Waals surface area contributed by atoms with E-state index in [1.165, 1.54) is 0 Å². The standard InChI is InChI=1S/C16H17NO2/c1-11-3-4-12(2)14(9-11)10-19-16(18)13-5-7-15(17)8-6-13/h3-9H,10,17H2,1-2H3. The van der Waals surface area contributed by atoms with E-state index < -0.39 is 0 Å². The maximum atomic E-state index is 11.9. The van der Waals surface area contributed by atoms with Crippen molar-refractivity contribution in [2.45, 2.75) is 20.5 Å². The predicted molar refractivity (Wildman–Crippen MR) is 75.9 cm³/mol. The minimum absolute atomic E-state index is 0.288.